The van der Waals surface area contributed by atoms with Gasteiger partial charge in [-0.25, -0.2) is 9.37 Å². The first-order valence-electron chi connectivity index (χ1n) is 12.1. The molecular formula is C28H30FN3O3. The highest BCUT2D eigenvalue weighted by Gasteiger charge is 2.37. The van der Waals surface area contributed by atoms with Crippen molar-refractivity contribution in [2.75, 3.05) is 20.3 Å². The maximum Gasteiger partial charge on any atom is 0.250 e. The van der Waals surface area contributed by atoms with Gasteiger partial charge in [0.05, 0.1) is 30.5 Å². The number of ether oxygens (including phenoxy) is 2. The van der Waals surface area contributed by atoms with Crippen LogP contribution in [0.25, 0.3) is 17.5 Å². The van der Waals surface area contributed by atoms with Crippen LogP contribution in [0.1, 0.15) is 48.5 Å². The van der Waals surface area contributed by atoms with Crippen LogP contribution < -0.4 is 4.74 Å². The Bertz CT molecular complexity index is 1230. The van der Waals surface area contributed by atoms with Crippen LogP contribution in [0.2, 0.25) is 0 Å². The molecule has 3 heterocycles. The molecular weight excluding hydrogens is 445 g/mol. The molecule has 35 heavy (non-hydrogen) atoms. The van der Waals surface area contributed by atoms with Crippen molar-refractivity contribution < 1.29 is 18.7 Å². The molecule has 0 unspecified atom stereocenters. The Hall–Kier alpha value is -3.45. The molecule has 7 heteroatoms. The molecule has 2 saturated heterocycles. The molecule has 2 atom stereocenters. The predicted octanol–water partition coefficient (Wildman–Crippen LogP) is 5.46. The number of aromatic nitrogens is 2. The summed E-state index contributed by atoms with van der Waals surface area (Å²) < 4.78 is 25.3. The van der Waals surface area contributed by atoms with Crippen LogP contribution in [0.4, 0.5) is 4.39 Å². The highest BCUT2D eigenvalue weighted by Crippen LogP contribution is 2.36. The largest absolute Gasteiger partial charge is 0.496 e. The van der Waals surface area contributed by atoms with Gasteiger partial charge in [-0.15, -0.1) is 0 Å². The van der Waals surface area contributed by atoms with Gasteiger partial charge in [-0.2, -0.15) is 0 Å². The molecule has 5 rings (SSSR count). The van der Waals surface area contributed by atoms with Crippen molar-refractivity contribution in [3.63, 3.8) is 0 Å². The minimum Gasteiger partial charge on any atom is -0.496 e. The van der Waals surface area contributed by atoms with Gasteiger partial charge in [0.1, 0.15) is 17.4 Å². The van der Waals surface area contributed by atoms with E-state index < -0.39 is 0 Å². The summed E-state index contributed by atoms with van der Waals surface area (Å²) in [5, 5.41) is 0. The first kappa shape index (κ1) is 23.3. The SMILES string of the molecule is COc1cc(/C=C2\CCCN([C@H](c3ccc(F)cc3)[C@@H]3CCCO3)C2=O)ccc1-c1nc(C)c[nH]1. The molecule has 0 bridgehead atoms. The van der Waals surface area contributed by atoms with Crippen LogP contribution in [-0.2, 0) is 9.53 Å². The van der Waals surface area contributed by atoms with E-state index >= 15 is 0 Å². The maximum atomic E-state index is 13.7. The lowest BCUT2D eigenvalue weighted by atomic mass is 9.92. The van der Waals surface area contributed by atoms with Gasteiger partial charge >= 0.3 is 0 Å². The van der Waals surface area contributed by atoms with Gasteiger partial charge in [-0.05, 0) is 74.1 Å². The minimum absolute atomic E-state index is 0.00535. The lowest BCUT2D eigenvalue weighted by Gasteiger charge is -2.38. The number of likely N-dealkylation sites (tertiary alicyclic amines) is 1. The van der Waals surface area contributed by atoms with Crippen molar-refractivity contribution in [3.05, 3.63) is 76.9 Å². The monoisotopic (exact) mass is 475 g/mol. The molecule has 6 nitrogen and oxygen atoms in total. The lowest BCUT2D eigenvalue weighted by Crippen LogP contribution is -2.44. The number of hydrogen-bond acceptors (Lipinski definition) is 4. The topological polar surface area (TPSA) is 67.5 Å². The Morgan fingerprint density at radius 3 is 2.74 bits per heavy atom. The Morgan fingerprint density at radius 1 is 1.23 bits per heavy atom. The first-order chi connectivity index (χ1) is 17.0. The summed E-state index contributed by atoms with van der Waals surface area (Å²) in [5.41, 5.74) is 4.34. The number of aryl methyl sites for hydroxylation is 1. The Kier molecular flexibility index (Phi) is 6.68. The normalized spacial score (nSPS) is 20.4. The van der Waals surface area contributed by atoms with E-state index in [4.69, 9.17) is 9.47 Å². The summed E-state index contributed by atoms with van der Waals surface area (Å²) in [5.74, 6) is 1.16. The van der Waals surface area contributed by atoms with Crippen LogP contribution >= 0.6 is 0 Å². The molecule has 0 radical (unpaired) electrons. The van der Waals surface area contributed by atoms with E-state index in [9.17, 15) is 9.18 Å². The van der Waals surface area contributed by atoms with Gasteiger partial charge in [-0.3, -0.25) is 4.79 Å². The van der Waals surface area contributed by atoms with Gasteiger partial charge in [0.2, 0.25) is 5.91 Å². The molecule has 2 aromatic carbocycles. The van der Waals surface area contributed by atoms with E-state index in [1.165, 1.54) is 12.1 Å². The quantitative estimate of drug-likeness (QED) is 0.481. The second kappa shape index (κ2) is 10.0. The number of aromatic amines is 1. The molecule has 1 aromatic heterocycles. The number of nitrogens with zero attached hydrogens (tertiary/aromatic N) is 2. The number of amides is 1. The van der Waals surface area contributed by atoms with Gasteiger partial charge in [0, 0.05) is 24.9 Å². The minimum atomic E-state index is -0.285. The molecule has 0 spiro atoms. The number of rotatable bonds is 6. The zero-order valence-corrected chi connectivity index (χ0v) is 20.1. The van der Waals surface area contributed by atoms with Gasteiger partial charge in [-0.1, -0.05) is 18.2 Å². The van der Waals surface area contributed by atoms with Crippen LogP contribution in [0.3, 0.4) is 0 Å². The fraction of sp³-hybridized carbons (Fsp3) is 0.357. The van der Waals surface area contributed by atoms with E-state index in [-0.39, 0.29) is 23.9 Å². The number of carbonyl (C=O) groups excluding carboxylic acids is 1. The van der Waals surface area contributed by atoms with Crippen molar-refractivity contribution in [2.45, 2.75) is 44.8 Å². The van der Waals surface area contributed by atoms with Gasteiger partial charge in [0.25, 0.3) is 0 Å². The van der Waals surface area contributed by atoms with Crippen molar-refractivity contribution >= 4 is 12.0 Å². The molecule has 3 aromatic rings. The van der Waals surface area contributed by atoms with E-state index in [2.05, 4.69) is 9.97 Å². The van der Waals surface area contributed by atoms with E-state index in [1.807, 2.05) is 42.3 Å². The number of carbonyl (C=O) groups is 1. The zero-order valence-electron chi connectivity index (χ0n) is 20.1. The maximum absolute atomic E-state index is 13.7. The molecule has 0 saturated carbocycles. The summed E-state index contributed by atoms with van der Waals surface area (Å²) in [6.45, 7) is 3.27. The summed E-state index contributed by atoms with van der Waals surface area (Å²) >= 11 is 0. The second-order valence-electron chi connectivity index (χ2n) is 9.17. The van der Waals surface area contributed by atoms with Crippen LogP contribution in [0.15, 0.2) is 54.2 Å². The van der Waals surface area contributed by atoms with Gasteiger partial charge < -0.3 is 19.4 Å². The fourth-order valence-corrected chi connectivity index (χ4v) is 5.09. The van der Waals surface area contributed by atoms with E-state index in [1.54, 1.807) is 19.2 Å². The number of nitrogens with one attached hydrogen (secondary N) is 1. The number of hydrogen-bond donors (Lipinski definition) is 1. The molecule has 182 valence electrons. The van der Waals surface area contributed by atoms with Crippen molar-refractivity contribution in [1.29, 1.82) is 0 Å². The second-order valence-corrected chi connectivity index (χ2v) is 9.17. The summed E-state index contributed by atoms with van der Waals surface area (Å²) in [4.78, 5) is 23.3. The number of halogens is 1. The smallest absolute Gasteiger partial charge is 0.250 e. The molecule has 2 aliphatic heterocycles. The van der Waals surface area contributed by atoms with E-state index in [0.29, 0.717) is 25.3 Å². The highest BCUT2D eigenvalue weighted by atomic mass is 19.1. The molecule has 0 aliphatic carbocycles. The summed E-state index contributed by atoms with van der Waals surface area (Å²) in [6, 6.07) is 12.1. The number of methoxy groups -OCH3 is 1. The average molecular weight is 476 g/mol. The van der Waals surface area contributed by atoms with Crippen molar-refractivity contribution in [2.24, 2.45) is 0 Å². The number of piperidine rings is 1. The first-order valence-corrected chi connectivity index (χ1v) is 12.1. The van der Waals surface area contributed by atoms with Crippen LogP contribution in [0.5, 0.6) is 5.75 Å². The molecule has 2 aliphatic rings. The third-order valence-electron chi connectivity index (χ3n) is 6.77. The van der Waals surface area contributed by atoms with Crippen LogP contribution in [0, 0.1) is 12.7 Å². The van der Waals surface area contributed by atoms with Crippen LogP contribution in [-0.4, -0.2) is 47.1 Å². The number of benzene rings is 2. The van der Waals surface area contributed by atoms with Gasteiger partial charge in [0.15, 0.2) is 0 Å². The summed E-state index contributed by atoms with van der Waals surface area (Å²) in [6.07, 6.45) is 7.14. The predicted molar refractivity (Wildman–Crippen MR) is 132 cm³/mol. The molecule has 1 N–H and O–H groups in total. The third kappa shape index (κ3) is 4.86. The molecule has 1 amide bonds. The van der Waals surface area contributed by atoms with E-state index in [0.717, 1.165) is 53.0 Å². The Balaban J connectivity index is 1.44. The highest BCUT2D eigenvalue weighted by molar-refractivity contribution is 5.99. The number of imidazole rings is 1. The van der Waals surface area contributed by atoms with Crippen molar-refractivity contribution in [1.82, 2.24) is 14.9 Å². The Morgan fingerprint density at radius 2 is 2.06 bits per heavy atom. The standard InChI is InChI=1S/C28H30FN3O3/c1-18-17-30-27(31-18)23-12-7-19(16-25(23)34-2)15-21-5-3-13-32(28(21)33)26(24-6-4-14-35-24)20-8-10-22(29)11-9-20/h7-12,15-17,24,26H,3-6,13-14H2,1-2H3,(H,30,31)/b21-15+/t24-,26+/m0/s1. The average Bonchev–Trinajstić information content (AvgIpc) is 3.55. The molecule has 2 fully saturated rings. The number of H-pyrrole nitrogens is 1. The zero-order chi connectivity index (χ0) is 24.4. The Labute approximate surface area is 204 Å². The fourth-order valence-electron chi connectivity index (χ4n) is 5.09. The summed E-state index contributed by atoms with van der Waals surface area (Å²) in [7, 11) is 1.63. The van der Waals surface area contributed by atoms with Crippen molar-refractivity contribution in [3.8, 4) is 17.1 Å². The third-order valence-corrected chi connectivity index (χ3v) is 6.77. The lowest BCUT2D eigenvalue weighted by molar-refractivity contribution is -0.134.